The number of thiophene rings is 1. The van der Waals surface area contributed by atoms with Crippen molar-refractivity contribution in [3.05, 3.63) is 82.7 Å². The Kier molecular flexibility index (Phi) is 11.3. The van der Waals surface area contributed by atoms with Crippen molar-refractivity contribution in [1.29, 1.82) is 0 Å². The number of ether oxygens (including phenoxy) is 3. The van der Waals surface area contributed by atoms with Gasteiger partial charge in [-0.1, -0.05) is 48.5 Å². The third-order valence-corrected chi connectivity index (χ3v) is 6.67. The zero-order valence-electron chi connectivity index (χ0n) is 25.3. The van der Waals surface area contributed by atoms with Crippen molar-refractivity contribution in [2.24, 2.45) is 0 Å². The summed E-state index contributed by atoms with van der Waals surface area (Å²) >= 11 is 1.27. The minimum atomic E-state index is -1.17. The lowest BCUT2D eigenvalue weighted by molar-refractivity contribution is -0.157. The van der Waals surface area contributed by atoms with E-state index in [2.05, 4.69) is 16.0 Å². The fraction of sp³-hybridized carbons (Fsp3) is 0.375. The third-order valence-electron chi connectivity index (χ3n) is 5.54. The van der Waals surface area contributed by atoms with Gasteiger partial charge in [-0.15, -0.1) is 11.3 Å². The number of esters is 1. The molecule has 0 saturated carbocycles. The van der Waals surface area contributed by atoms with Crippen molar-refractivity contribution in [2.45, 2.75) is 71.9 Å². The van der Waals surface area contributed by atoms with Crippen LogP contribution in [0.15, 0.2) is 66.7 Å². The van der Waals surface area contributed by atoms with Crippen LogP contribution >= 0.6 is 11.3 Å². The Labute approximate surface area is 256 Å². The molecule has 0 saturated heterocycles. The van der Waals surface area contributed by atoms with Crippen LogP contribution in [0.25, 0.3) is 10.4 Å². The highest BCUT2D eigenvalue weighted by Crippen LogP contribution is 2.29. The monoisotopic (exact) mass is 609 g/mol. The first kappa shape index (κ1) is 33.1. The van der Waals surface area contributed by atoms with E-state index in [1.54, 1.807) is 47.6 Å². The van der Waals surface area contributed by atoms with Gasteiger partial charge in [0.15, 0.2) is 0 Å². The summed E-state index contributed by atoms with van der Waals surface area (Å²) in [6, 6.07) is 19.1. The van der Waals surface area contributed by atoms with Gasteiger partial charge in [-0.2, -0.15) is 0 Å². The van der Waals surface area contributed by atoms with Crippen molar-refractivity contribution >= 4 is 35.4 Å². The van der Waals surface area contributed by atoms with Crippen molar-refractivity contribution in [3.63, 3.8) is 0 Å². The number of hydrogen-bond acceptors (Lipinski definition) is 8. The third kappa shape index (κ3) is 11.8. The summed E-state index contributed by atoms with van der Waals surface area (Å²) in [7, 11) is 0. The molecule has 0 bridgehead atoms. The Hall–Kier alpha value is -4.38. The number of hydrogen-bond donors (Lipinski definition) is 3. The molecular weight excluding hydrogens is 570 g/mol. The molecular formula is C32H39N3O7S. The van der Waals surface area contributed by atoms with E-state index in [1.165, 1.54) is 11.3 Å². The number of amides is 3. The highest BCUT2D eigenvalue weighted by atomic mass is 32.1. The molecule has 1 unspecified atom stereocenters. The summed E-state index contributed by atoms with van der Waals surface area (Å²) < 4.78 is 16.0. The van der Waals surface area contributed by atoms with Crippen LogP contribution in [0.2, 0.25) is 0 Å². The second kappa shape index (κ2) is 14.7. The van der Waals surface area contributed by atoms with E-state index in [1.807, 2.05) is 60.7 Å². The molecule has 1 aromatic heterocycles. The van der Waals surface area contributed by atoms with Crippen LogP contribution in [0, 0.1) is 0 Å². The summed E-state index contributed by atoms with van der Waals surface area (Å²) in [6.45, 7) is 10.6. The Balaban J connectivity index is 1.61. The maximum Gasteiger partial charge on any atom is 0.408 e. The van der Waals surface area contributed by atoms with Gasteiger partial charge < -0.3 is 30.2 Å². The Morgan fingerprint density at radius 3 is 2.12 bits per heavy atom. The van der Waals surface area contributed by atoms with Gasteiger partial charge in [0, 0.05) is 18.0 Å². The Bertz CT molecular complexity index is 1410. The van der Waals surface area contributed by atoms with Gasteiger partial charge in [0.2, 0.25) is 0 Å². The minimum Gasteiger partial charge on any atom is -0.458 e. The van der Waals surface area contributed by atoms with Gasteiger partial charge in [-0.3, -0.25) is 4.79 Å². The van der Waals surface area contributed by atoms with Gasteiger partial charge in [0.05, 0.1) is 4.88 Å². The van der Waals surface area contributed by atoms with Crippen LogP contribution in [0.1, 0.15) is 62.3 Å². The van der Waals surface area contributed by atoms with Crippen LogP contribution in [-0.2, 0) is 32.2 Å². The molecule has 3 aromatic rings. The van der Waals surface area contributed by atoms with E-state index in [-0.39, 0.29) is 19.7 Å². The summed E-state index contributed by atoms with van der Waals surface area (Å²) in [6.07, 6.45) is -1.31. The van der Waals surface area contributed by atoms with Crippen molar-refractivity contribution in [1.82, 2.24) is 16.0 Å². The highest BCUT2D eigenvalue weighted by Gasteiger charge is 2.28. The smallest absolute Gasteiger partial charge is 0.408 e. The maximum atomic E-state index is 13.0. The second-order valence-corrected chi connectivity index (χ2v) is 12.8. The van der Waals surface area contributed by atoms with E-state index < -0.39 is 41.3 Å². The fourth-order valence-corrected chi connectivity index (χ4v) is 4.61. The number of benzene rings is 2. The molecule has 43 heavy (non-hydrogen) atoms. The molecule has 1 atom stereocenters. The molecule has 0 aliphatic carbocycles. The van der Waals surface area contributed by atoms with Crippen LogP contribution in [0.3, 0.4) is 0 Å². The van der Waals surface area contributed by atoms with Crippen molar-refractivity contribution < 1.29 is 33.4 Å². The highest BCUT2D eigenvalue weighted by molar-refractivity contribution is 7.17. The van der Waals surface area contributed by atoms with Gasteiger partial charge in [-0.25, -0.2) is 14.4 Å². The first-order valence-electron chi connectivity index (χ1n) is 13.8. The lowest BCUT2D eigenvalue weighted by Gasteiger charge is -2.24. The standard InChI is InChI=1S/C32H39N3O7S/c1-31(2,3)41-28(37)24(35-30(39)40-20-21-11-8-7-9-12-21)19-33-27(36)26-16-15-25(43-26)23-14-10-13-22(17-23)18-34-29(38)42-32(4,5)6/h7-17,24H,18-20H2,1-6H3,(H,33,36)(H,34,38)(H,35,39). The number of rotatable bonds is 10. The van der Waals surface area contributed by atoms with Gasteiger partial charge in [0.1, 0.15) is 23.9 Å². The Morgan fingerprint density at radius 1 is 0.767 bits per heavy atom. The average Bonchev–Trinajstić information content (AvgIpc) is 3.42. The van der Waals surface area contributed by atoms with Crippen molar-refractivity contribution in [2.75, 3.05) is 6.54 Å². The van der Waals surface area contributed by atoms with Crippen LogP contribution < -0.4 is 16.0 Å². The summed E-state index contributed by atoms with van der Waals surface area (Å²) in [5, 5.41) is 7.95. The average molecular weight is 610 g/mol. The fourth-order valence-electron chi connectivity index (χ4n) is 3.69. The largest absolute Gasteiger partial charge is 0.458 e. The van der Waals surface area contributed by atoms with Crippen LogP contribution in [0.4, 0.5) is 9.59 Å². The lowest BCUT2D eigenvalue weighted by Crippen LogP contribution is -2.50. The predicted molar refractivity (Wildman–Crippen MR) is 165 cm³/mol. The van der Waals surface area contributed by atoms with Gasteiger partial charge >= 0.3 is 18.2 Å². The van der Waals surface area contributed by atoms with Gasteiger partial charge in [-0.05, 0) is 76.4 Å². The molecule has 230 valence electrons. The first-order valence-corrected chi connectivity index (χ1v) is 14.6. The molecule has 3 N–H and O–H groups in total. The summed E-state index contributed by atoms with van der Waals surface area (Å²) in [5.41, 5.74) is 1.15. The molecule has 1 heterocycles. The first-order chi connectivity index (χ1) is 20.2. The quantitative estimate of drug-likeness (QED) is 0.195. The topological polar surface area (TPSA) is 132 Å². The normalized spacial score (nSPS) is 12.0. The van der Waals surface area contributed by atoms with Gasteiger partial charge in [0.25, 0.3) is 5.91 Å². The molecule has 0 spiro atoms. The lowest BCUT2D eigenvalue weighted by atomic mass is 10.1. The number of carbonyl (C=O) groups excluding carboxylic acids is 4. The van der Waals surface area contributed by atoms with E-state index in [4.69, 9.17) is 14.2 Å². The van der Waals surface area contributed by atoms with Crippen LogP contribution in [-0.4, -0.2) is 47.9 Å². The predicted octanol–water partition coefficient (Wildman–Crippen LogP) is 5.81. The molecule has 10 nitrogen and oxygen atoms in total. The molecule has 3 rings (SSSR count). The van der Waals surface area contributed by atoms with E-state index >= 15 is 0 Å². The zero-order chi connectivity index (χ0) is 31.6. The molecule has 0 fully saturated rings. The SMILES string of the molecule is CC(C)(C)OC(=O)NCc1cccc(-c2ccc(C(=O)NCC(NC(=O)OCc3ccccc3)C(=O)OC(C)(C)C)s2)c1. The van der Waals surface area contributed by atoms with Crippen molar-refractivity contribution in [3.8, 4) is 10.4 Å². The maximum absolute atomic E-state index is 13.0. The summed E-state index contributed by atoms with van der Waals surface area (Å²) in [4.78, 5) is 51.5. The molecule has 3 amide bonds. The van der Waals surface area contributed by atoms with E-state index in [0.717, 1.165) is 21.6 Å². The second-order valence-electron chi connectivity index (χ2n) is 11.7. The summed E-state index contributed by atoms with van der Waals surface area (Å²) in [5.74, 6) is -1.11. The number of alkyl carbamates (subject to hydrolysis) is 2. The zero-order valence-corrected chi connectivity index (χ0v) is 26.1. The van der Waals surface area contributed by atoms with E-state index in [0.29, 0.717) is 4.88 Å². The molecule has 0 aliphatic rings. The number of nitrogens with one attached hydrogen (secondary N) is 3. The molecule has 2 aromatic carbocycles. The van der Waals surface area contributed by atoms with E-state index in [9.17, 15) is 19.2 Å². The molecule has 0 aliphatic heterocycles. The Morgan fingerprint density at radius 2 is 1.44 bits per heavy atom. The van der Waals surface area contributed by atoms with Crippen LogP contribution in [0.5, 0.6) is 0 Å². The minimum absolute atomic E-state index is 0.0241. The number of carbonyl (C=O) groups is 4. The molecule has 11 heteroatoms. The molecule has 0 radical (unpaired) electrons.